The molecule has 1 rings (SSSR count). The van der Waals surface area contributed by atoms with Crippen molar-refractivity contribution in [2.24, 2.45) is 0 Å². The second-order valence-electron chi connectivity index (χ2n) is 3.35. The summed E-state index contributed by atoms with van der Waals surface area (Å²) in [5.41, 5.74) is 0. The average molecular weight is 192 g/mol. The number of rotatable bonds is 1. The van der Waals surface area contributed by atoms with Crippen LogP contribution in [0.2, 0.25) is 0 Å². The molecule has 0 aliphatic heterocycles. The zero-order valence-electron chi connectivity index (χ0n) is 7.57. The minimum atomic E-state index is -2.53. The van der Waals surface area contributed by atoms with Crippen LogP contribution in [0.3, 0.4) is 0 Å². The second kappa shape index (κ2) is 3.89. The van der Waals surface area contributed by atoms with E-state index >= 15 is 0 Å². The van der Waals surface area contributed by atoms with Gasteiger partial charge < -0.3 is 10.6 Å². The third-order valence-corrected chi connectivity index (χ3v) is 2.28. The molecule has 1 aliphatic carbocycles. The molecule has 0 heterocycles. The van der Waals surface area contributed by atoms with Crippen molar-refractivity contribution in [3.05, 3.63) is 0 Å². The molecular formula is C8H14F2N2O. The molecule has 5 heteroatoms. The summed E-state index contributed by atoms with van der Waals surface area (Å²) in [6.07, 6.45) is 0.476. The smallest absolute Gasteiger partial charge is 0.314 e. The van der Waals surface area contributed by atoms with E-state index in [4.69, 9.17) is 0 Å². The van der Waals surface area contributed by atoms with E-state index in [2.05, 4.69) is 10.6 Å². The second-order valence-corrected chi connectivity index (χ2v) is 3.35. The number of carbonyl (C=O) groups excluding carboxylic acids is 1. The number of hydrogen-bond donors (Lipinski definition) is 2. The van der Waals surface area contributed by atoms with Gasteiger partial charge in [0, 0.05) is 25.9 Å². The van der Waals surface area contributed by atoms with Gasteiger partial charge in [0.1, 0.15) is 0 Å². The molecule has 0 bridgehead atoms. The van der Waals surface area contributed by atoms with Crippen molar-refractivity contribution in [3.63, 3.8) is 0 Å². The summed E-state index contributed by atoms with van der Waals surface area (Å²) < 4.78 is 25.3. The number of alkyl halides is 2. The van der Waals surface area contributed by atoms with Crippen molar-refractivity contribution < 1.29 is 13.6 Å². The van der Waals surface area contributed by atoms with E-state index in [0.29, 0.717) is 12.8 Å². The SMILES string of the molecule is CNC(=O)NC1CCC(F)(F)CC1. The lowest BCUT2D eigenvalue weighted by atomic mass is 9.92. The molecule has 0 spiro atoms. The van der Waals surface area contributed by atoms with Crippen LogP contribution in [0.15, 0.2) is 0 Å². The summed E-state index contributed by atoms with van der Waals surface area (Å²) in [5.74, 6) is -2.53. The number of urea groups is 1. The highest BCUT2D eigenvalue weighted by atomic mass is 19.3. The van der Waals surface area contributed by atoms with Crippen LogP contribution >= 0.6 is 0 Å². The summed E-state index contributed by atoms with van der Waals surface area (Å²) in [6, 6.07) is -0.394. The van der Waals surface area contributed by atoms with E-state index < -0.39 is 5.92 Å². The Kier molecular flexibility index (Phi) is 3.06. The molecule has 0 aromatic rings. The van der Waals surface area contributed by atoms with E-state index in [-0.39, 0.29) is 24.9 Å². The lowest BCUT2D eigenvalue weighted by Gasteiger charge is -2.28. The van der Waals surface area contributed by atoms with Crippen LogP contribution in [0.5, 0.6) is 0 Å². The number of halogens is 2. The van der Waals surface area contributed by atoms with Crippen molar-refractivity contribution >= 4 is 6.03 Å². The number of carbonyl (C=O) groups is 1. The van der Waals surface area contributed by atoms with Gasteiger partial charge >= 0.3 is 6.03 Å². The van der Waals surface area contributed by atoms with Gasteiger partial charge in [0.2, 0.25) is 5.92 Å². The predicted molar refractivity (Wildman–Crippen MR) is 44.8 cm³/mol. The molecule has 0 aromatic heterocycles. The first-order valence-corrected chi connectivity index (χ1v) is 4.39. The third-order valence-electron chi connectivity index (χ3n) is 2.28. The van der Waals surface area contributed by atoms with Gasteiger partial charge in [-0.1, -0.05) is 0 Å². The first kappa shape index (κ1) is 10.2. The number of amides is 2. The summed E-state index contributed by atoms with van der Waals surface area (Å²) in [4.78, 5) is 10.8. The Morgan fingerprint density at radius 1 is 1.38 bits per heavy atom. The fraction of sp³-hybridized carbons (Fsp3) is 0.875. The molecule has 0 unspecified atom stereocenters. The summed E-state index contributed by atoms with van der Waals surface area (Å²) >= 11 is 0. The molecule has 2 N–H and O–H groups in total. The van der Waals surface area contributed by atoms with Crippen LogP contribution in [-0.2, 0) is 0 Å². The van der Waals surface area contributed by atoms with Crippen LogP contribution in [0.25, 0.3) is 0 Å². The molecule has 1 saturated carbocycles. The highest BCUT2D eigenvalue weighted by Gasteiger charge is 2.35. The topological polar surface area (TPSA) is 41.1 Å². The van der Waals surface area contributed by atoms with Gasteiger partial charge in [-0.05, 0) is 12.8 Å². The highest BCUT2D eigenvalue weighted by molar-refractivity contribution is 5.73. The lowest BCUT2D eigenvalue weighted by molar-refractivity contribution is -0.0395. The molecule has 76 valence electrons. The molecule has 1 fully saturated rings. The zero-order chi connectivity index (χ0) is 9.90. The van der Waals surface area contributed by atoms with E-state index in [1.807, 2.05) is 0 Å². The Bertz CT molecular complexity index is 187. The molecule has 1 aliphatic rings. The monoisotopic (exact) mass is 192 g/mol. The van der Waals surface area contributed by atoms with Gasteiger partial charge in [0.25, 0.3) is 0 Å². The van der Waals surface area contributed by atoms with E-state index in [1.54, 1.807) is 0 Å². The molecular weight excluding hydrogens is 178 g/mol. The quantitative estimate of drug-likeness (QED) is 0.649. The van der Waals surface area contributed by atoms with Crippen LogP contribution in [0.1, 0.15) is 25.7 Å². The van der Waals surface area contributed by atoms with Crippen LogP contribution < -0.4 is 10.6 Å². The van der Waals surface area contributed by atoms with Gasteiger partial charge in [-0.3, -0.25) is 0 Å². The van der Waals surface area contributed by atoms with Gasteiger partial charge in [0.15, 0.2) is 0 Å². The van der Waals surface area contributed by atoms with Crippen LogP contribution in [0, 0.1) is 0 Å². The number of nitrogens with one attached hydrogen (secondary N) is 2. The molecule has 13 heavy (non-hydrogen) atoms. The van der Waals surface area contributed by atoms with Crippen LogP contribution in [0.4, 0.5) is 13.6 Å². The summed E-state index contributed by atoms with van der Waals surface area (Å²) in [5, 5.41) is 5.02. The molecule has 2 amide bonds. The molecule has 0 atom stereocenters. The highest BCUT2D eigenvalue weighted by Crippen LogP contribution is 2.32. The minimum Gasteiger partial charge on any atom is -0.341 e. The van der Waals surface area contributed by atoms with Gasteiger partial charge in [0.05, 0.1) is 0 Å². The lowest BCUT2D eigenvalue weighted by Crippen LogP contribution is -2.43. The fourth-order valence-corrected chi connectivity index (χ4v) is 1.44. The molecule has 0 saturated heterocycles. The number of hydrogen-bond acceptors (Lipinski definition) is 1. The maximum atomic E-state index is 12.7. The van der Waals surface area contributed by atoms with Crippen LogP contribution in [-0.4, -0.2) is 25.0 Å². The minimum absolute atomic E-state index is 0.0976. The first-order chi connectivity index (χ1) is 6.03. The van der Waals surface area contributed by atoms with Gasteiger partial charge in [-0.15, -0.1) is 0 Å². The maximum Gasteiger partial charge on any atom is 0.314 e. The van der Waals surface area contributed by atoms with E-state index in [1.165, 1.54) is 7.05 Å². The van der Waals surface area contributed by atoms with Crippen molar-refractivity contribution in [2.45, 2.75) is 37.6 Å². The normalized spacial score (nSPS) is 22.4. The Morgan fingerprint density at radius 3 is 2.38 bits per heavy atom. The zero-order valence-corrected chi connectivity index (χ0v) is 7.57. The Balaban J connectivity index is 2.29. The molecule has 0 radical (unpaired) electrons. The third kappa shape index (κ3) is 3.16. The summed E-state index contributed by atoms with van der Waals surface area (Å²) in [6.45, 7) is 0. The van der Waals surface area contributed by atoms with Crippen molar-refractivity contribution in [2.75, 3.05) is 7.05 Å². The van der Waals surface area contributed by atoms with Crippen molar-refractivity contribution in [1.82, 2.24) is 10.6 Å². The predicted octanol–water partition coefficient (Wildman–Crippen LogP) is 1.49. The van der Waals surface area contributed by atoms with Crippen molar-refractivity contribution in [3.8, 4) is 0 Å². The van der Waals surface area contributed by atoms with Gasteiger partial charge in [-0.25, -0.2) is 13.6 Å². The standard InChI is InChI=1S/C8H14F2N2O/c1-11-7(13)12-6-2-4-8(9,10)5-3-6/h6H,2-5H2,1H3,(H2,11,12,13). The Morgan fingerprint density at radius 2 is 1.92 bits per heavy atom. The van der Waals surface area contributed by atoms with E-state index in [9.17, 15) is 13.6 Å². The maximum absolute atomic E-state index is 12.7. The average Bonchev–Trinajstić information content (AvgIpc) is 2.08. The van der Waals surface area contributed by atoms with Crippen molar-refractivity contribution in [1.29, 1.82) is 0 Å². The Labute approximate surface area is 75.9 Å². The largest absolute Gasteiger partial charge is 0.341 e. The summed E-state index contributed by atoms with van der Waals surface area (Å²) in [7, 11) is 1.51. The molecule has 0 aromatic carbocycles. The fourth-order valence-electron chi connectivity index (χ4n) is 1.44. The van der Waals surface area contributed by atoms with E-state index in [0.717, 1.165) is 0 Å². The molecule has 3 nitrogen and oxygen atoms in total. The first-order valence-electron chi connectivity index (χ1n) is 4.39. The Hall–Kier alpha value is -0.870. The van der Waals surface area contributed by atoms with Gasteiger partial charge in [-0.2, -0.15) is 0 Å².